The normalized spacial score (nSPS) is 12.2. The van der Waals surface area contributed by atoms with Gasteiger partial charge in [-0.1, -0.05) is 41.9 Å². The smallest absolute Gasteiger partial charge is 0.138 e. The molecular weight excluding hydrogens is 282 g/mol. The van der Waals surface area contributed by atoms with E-state index < -0.39 is 0 Å². The number of hydrogen-bond donors (Lipinski definition) is 1. The molecule has 0 aliphatic carbocycles. The highest BCUT2D eigenvalue weighted by atomic mass is 35.5. The van der Waals surface area contributed by atoms with Gasteiger partial charge >= 0.3 is 0 Å². The van der Waals surface area contributed by atoms with E-state index in [-0.39, 0.29) is 0 Å². The van der Waals surface area contributed by atoms with Crippen LogP contribution in [0.25, 0.3) is 0 Å². The summed E-state index contributed by atoms with van der Waals surface area (Å²) in [7, 11) is 0. The summed E-state index contributed by atoms with van der Waals surface area (Å²) in [5.74, 6) is 1.06. The van der Waals surface area contributed by atoms with Gasteiger partial charge in [0.1, 0.15) is 5.75 Å². The average molecular weight is 304 g/mol. The van der Waals surface area contributed by atoms with Crippen LogP contribution in [0.2, 0.25) is 5.02 Å². The van der Waals surface area contributed by atoms with Crippen LogP contribution in [-0.2, 0) is 0 Å². The first-order chi connectivity index (χ1) is 10.1. The molecule has 0 amide bonds. The maximum atomic E-state index is 6.14. The monoisotopic (exact) mass is 303 g/mol. The fourth-order valence-electron chi connectivity index (χ4n) is 2.48. The number of aryl methyl sites for hydroxylation is 2. The van der Waals surface area contributed by atoms with Gasteiger partial charge in [0, 0.05) is 0 Å². The second-order valence-corrected chi connectivity index (χ2v) is 5.77. The van der Waals surface area contributed by atoms with Gasteiger partial charge in [-0.2, -0.15) is 0 Å². The lowest BCUT2D eigenvalue weighted by atomic mass is 9.92. The Morgan fingerprint density at radius 2 is 1.90 bits per heavy atom. The summed E-state index contributed by atoms with van der Waals surface area (Å²) in [4.78, 5) is 0. The maximum Gasteiger partial charge on any atom is 0.138 e. The van der Waals surface area contributed by atoms with Crippen LogP contribution in [0, 0.1) is 13.8 Å². The Hall–Kier alpha value is -1.51. The van der Waals surface area contributed by atoms with E-state index in [1.807, 2.05) is 25.1 Å². The molecule has 21 heavy (non-hydrogen) atoms. The molecule has 0 saturated heterocycles. The van der Waals surface area contributed by atoms with Gasteiger partial charge in [-0.25, -0.2) is 0 Å². The van der Waals surface area contributed by atoms with Gasteiger partial charge in [0.25, 0.3) is 0 Å². The van der Waals surface area contributed by atoms with Crippen LogP contribution in [0.4, 0.5) is 0 Å². The van der Waals surface area contributed by atoms with Crippen molar-refractivity contribution in [2.45, 2.75) is 26.2 Å². The Kier molecular flexibility index (Phi) is 5.66. The maximum absolute atomic E-state index is 6.14. The van der Waals surface area contributed by atoms with E-state index in [0.29, 0.717) is 24.1 Å². The molecule has 0 aliphatic rings. The van der Waals surface area contributed by atoms with Crippen LogP contribution in [-0.4, -0.2) is 13.2 Å². The van der Waals surface area contributed by atoms with Crippen molar-refractivity contribution in [3.05, 3.63) is 64.2 Å². The Morgan fingerprint density at radius 3 is 2.62 bits per heavy atom. The predicted octanol–water partition coefficient (Wildman–Crippen LogP) is 4.47. The topological polar surface area (TPSA) is 35.2 Å². The molecule has 0 bridgehead atoms. The highest BCUT2D eigenvalue weighted by Gasteiger charge is 2.12. The van der Waals surface area contributed by atoms with Crippen molar-refractivity contribution >= 4 is 11.6 Å². The second-order valence-electron chi connectivity index (χ2n) is 5.36. The van der Waals surface area contributed by atoms with Crippen LogP contribution in [0.1, 0.15) is 29.0 Å². The summed E-state index contributed by atoms with van der Waals surface area (Å²) in [6, 6.07) is 14.2. The minimum atomic E-state index is 0.315. The molecule has 0 saturated carbocycles. The molecule has 1 atom stereocenters. The Bertz CT molecular complexity index is 598. The Labute approximate surface area is 131 Å². The van der Waals surface area contributed by atoms with Crippen molar-refractivity contribution in [2.24, 2.45) is 5.73 Å². The van der Waals surface area contributed by atoms with Crippen molar-refractivity contribution < 1.29 is 4.74 Å². The summed E-state index contributed by atoms with van der Waals surface area (Å²) < 4.78 is 5.82. The third kappa shape index (κ3) is 4.23. The van der Waals surface area contributed by atoms with E-state index in [1.54, 1.807) is 0 Å². The molecule has 0 fully saturated rings. The molecule has 0 aromatic heterocycles. The van der Waals surface area contributed by atoms with E-state index in [1.165, 1.54) is 11.1 Å². The number of halogens is 1. The minimum Gasteiger partial charge on any atom is -0.492 e. The zero-order valence-electron chi connectivity index (χ0n) is 12.6. The molecule has 2 aromatic carbocycles. The van der Waals surface area contributed by atoms with Crippen LogP contribution < -0.4 is 10.5 Å². The van der Waals surface area contributed by atoms with Crippen molar-refractivity contribution in [2.75, 3.05) is 13.2 Å². The van der Waals surface area contributed by atoms with Gasteiger partial charge in [-0.15, -0.1) is 0 Å². The Morgan fingerprint density at radius 1 is 1.14 bits per heavy atom. The minimum absolute atomic E-state index is 0.315. The fraction of sp³-hybridized carbons (Fsp3) is 0.333. The van der Waals surface area contributed by atoms with Crippen LogP contribution in [0.15, 0.2) is 42.5 Å². The third-order valence-corrected chi connectivity index (χ3v) is 4.04. The summed E-state index contributed by atoms with van der Waals surface area (Å²) in [6.07, 6.45) is 0.881. The Balaban J connectivity index is 1.98. The second kappa shape index (κ2) is 7.48. The molecule has 112 valence electrons. The zero-order valence-corrected chi connectivity index (χ0v) is 13.4. The molecule has 1 unspecified atom stereocenters. The van der Waals surface area contributed by atoms with Crippen LogP contribution in [0.3, 0.4) is 0 Å². The SMILES string of the molecule is Cc1ccc(Cl)c(OCCC(CN)c2ccccc2C)c1. The lowest BCUT2D eigenvalue weighted by molar-refractivity contribution is 0.298. The van der Waals surface area contributed by atoms with Crippen LogP contribution in [0.5, 0.6) is 5.75 Å². The predicted molar refractivity (Wildman–Crippen MR) is 89.3 cm³/mol. The first kappa shape index (κ1) is 15.9. The molecule has 3 heteroatoms. The zero-order chi connectivity index (χ0) is 15.2. The van der Waals surface area contributed by atoms with Crippen molar-refractivity contribution in [1.29, 1.82) is 0 Å². The summed E-state index contributed by atoms with van der Waals surface area (Å²) in [5.41, 5.74) is 9.65. The van der Waals surface area contributed by atoms with Gasteiger partial charge < -0.3 is 10.5 Å². The molecule has 2 rings (SSSR count). The molecule has 0 spiro atoms. The highest BCUT2D eigenvalue weighted by Crippen LogP contribution is 2.27. The lowest BCUT2D eigenvalue weighted by Crippen LogP contribution is -2.16. The van der Waals surface area contributed by atoms with E-state index in [2.05, 4.69) is 31.2 Å². The number of ether oxygens (including phenoxy) is 1. The number of rotatable bonds is 6. The lowest BCUT2D eigenvalue weighted by Gasteiger charge is -2.18. The van der Waals surface area contributed by atoms with Gasteiger partial charge in [0.2, 0.25) is 0 Å². The summed E-state index contributed by atoms with van der Waals surface area (Å²) in [6.45, 7) is 5.38. The van der Waals surface area contributed by atoms with E-state index in [0.717, 1.165) is 17.7 Å². The van der Waals surface area contributed by atoms with Crippen molar-refractivity contribution in [3.8, 4) is 5.75 Å². The average Bonchev–Trinajstić information content (AvgIpc) is 2.48. The first-order valence-corrected chi connectivity index (χ1v) is 7.64. The number of hydrogen-bond acceptors (Lipinski definition) is 2. The molecular formula is C18H22ClNO. The summed E-state index contributed by atoms with van der Waals surface area (Å²) in [5, 5.41) is 0.654. The number of benzene rings is 2. The molecule has 0 radical (unpaired) electrons. The molecule has 0 heterocycles. The van der Waals surface area contributed by atoms with Gasteiger partial charge in [0.15, 0.2) is 0 Å². The fourth-order valence-corrected chi connectivity index (χ4v) is 2.65. The number of nitrogens with two attached hydrogens (primary N) is 1. The highest BCUT2D eigenvalue weighted by molar-refractivity contribution is 6.32. The van der Waals surface area contributed by atoms with Gasteiger partial charge in [-0.05, 0) is 61.6 Å². The van der Waals surface area contributed by atoms with Crippen molar-refractivity contribution in [3.63, 3.8) is 0 Å². The van der Waals surface area contributed by atoms with Gasteiger partial charge in [-0.3, -0.25) is 0 Å². The van der Waals surface area contributed by atoms with E-state index in [4.69, 9.17) is 22.1 Å². The molecule has 2 N–H and O–H groups in total. The van der Waals surface area contributed by atoms with E-state index in [9.17, 15) is 0 Å². The van der Waals surface area contributed by atoms with Crippen LogP contribution >= 0.6 is 11.6 Å². The van der Waals surface area contributed by atoms with Gasteiger partial charge in [0.05, 0.1) is 11.6 Å². The first-order valence-electron chi connectivity index (χ1n) is 7.26. The standard InChI is InChI=1S/C18H22ClNO/c1-13-7-8-17(19)18(11-13)21-10-9-15(12-20)16-6-4-3-5-14(16)2/h3-8,11,15H,9-10,12,20H2,1-2H3. The molecule has 2 nitrogen and oxygen atoms in total. The third-order valence-electron chi connectivity index (χ3n) is 3.72. The summed E-state index contributed by atoms with van der Waals surface area (Å²) >= 11 is 6.14. The molecule has 0 aliphatic heterocycles. The van der Waals surface area contributed by atoms with E-state index >= 15 is 0 Å². The quantitative estimate of drug-likeness (QED) is 0.854. The van der Waals surface area contributed by atoms with Crippen molar-refractivity contribution in [1.82, 2.24) is 0 Å². The largest absolute Gasteiger partial charge is 0.492 e. The molecule has 2 aromatic rings.